The topological polar surface area (TPSA) is 75.2 Å². The highest BCUT2D eigenvalue weighted by Gasteiger charge is 2.21. The second-order valence-electron chi connectivity index (χ2n) is 6.95. The maximum atomic E-state index is 12.3. The number of rotatable bonds is 5. The Morgan fingerprint density at radius 3 is 2.58 bits per heavy atom. The molecule has 0 unspecified atom stereocenters. The summed E-state index contributed by atoms with van der Waals surface area (Å²) in [5.74, 6) is 1.50. The average molecular weight is 352 g/mol. The van der Waals surface area contributed by atoms with Crippen LogP contribution in [0.15, 0.2) is 30.3 Å². The van der Waals surface area contributed by atoms with Gasteiger partial charge in [0, 0.05) is 36.3 Å². The third-order valence-electron chi connectivity index (χ3n) is 4.34. The Morgan fingerprint density at radius 2 is 1.96 bits per heavy atom. The van der Waals surface area contributed by atoms with E-state index >= 15 is 0 Å². The van der Waals surface area contributed by atoms with Crippen LogP contribution in [0.5, 0.6) is 0 Å². The Hall–Kier alpha value is -2.76. The minimum absolute atomic E-state index is 0.122. The Labute approximate surface area is 153 Å². The molecule has 2 amide bonds. The van der Waals surface area contributed by atoms with Gasteiger partial charge in [0.2, 0.25) is 11.8 Å². The molecule has 26 heavy (non-hydrogen) atoms. The van der Waals surface area contributed by atoms with Gasteiger partial charge in [-0.1, -0.05) is 26.0 Å². The third kappa shape index (κ3) is 4.25. The van der Waals surface area contributed by atoms with Gasteiger partial charge in [-0.25, -0.2) is 9.97 Å². The van der Waals surface area contributed by atoms with Gasteiger partial charge in [0.15, 0.2) is 0 Å². The second-order valence-corrected chi connectivity index (χ2v) is 6.95. The van der Waals surface area contributed by atoms with Gasteiger partial charge < -0.3 is 10.2 Å². The minimum atomic E-state index is -0.122. The van der Waals surface area contributed by atoms with E-state index < -0.39 is 0 Å². The molecule has 136 valence electrons. The standard InChI is InChI=1S/C20H24N4O2/c1-13(2)20-21-14(3)11-17(23-20)22-18(25)12-15-6-8-16(9-7-15)24-10-4-5-19(24)26/h6-9,11,13H,4-5,10,12H2,1-3H3,(H,21,22,23,25). The Bertz CT molecular complexity index is 815. The number of aryl methyl sites for hydroxylation is 1. The molecule has 0 atom stereocenters. The van der Waals surface area contributed by atoms with Crippen molar-refractivity contribution in [2.24, 2.45) is 0 Å². The summed E-state index contributed by atoms with van der Waals surface area (Å²) < 4.78 is 0. The normalized spacial score (nSPS) is 14.2. The molecule has 1 fully saturated rings. The van der Waals surface area contributed by atoms with E-state index in [2.05, 4.69) is 15.3 Å². The van der Waals surface area contributed by atoms with Crippen molar-refractivity contribution in [1.29, 1.82) is 0 Å². The number of carbonyl (C=O) groups is 2. The van der Waals surface area contributed by atoms with E-state index in [1.54, 1.807) is 11.0 Å². The molecule has 0 radical (unpaired) electrons. The maximum absolute atomic E-state index is 12.3. The Kier molecular flexibility index (Phi) is 5.30. The van der Waals surface area contributed by atoms with Crippen LogP contribution in [0.4, 0.5) is 11.5 Å². The van der Waals surface area contributed by atoms with Crippen molar-refractivity contribution >= 4 is 23.3 Å². The van der Waals surface area contributed by atoms with Crippen molar-refractivity contribution in [2.45, 2.75) is 46.0 Å². The molecular weight excluding hydrogens is 328 g/mol. The first-order valence-corrected chi connectivity index (χ1v) is 8.97. The van der Waals surface area contributed by atoms with Gasteiger partial charge >= 0.3 is 0 Å². The number of nitrogens with one attached hydrogen (secondary N) is 1. The fourth-order valence-electron chi connectivity index (χ4n) is 3.00. The molecule has 1 aromatic heterocycles. The number of benzene rings is 1. The molecule has 2 heterocycles. The number of carbonyl (C=O) groups excluding carboxylic acids is 2. The first-order chi connectivity index (χ1) is 12.4. The van der Waals surface area contributed by atoms with Crippen molar-refractivity contribution < 1.29 is 9.59 Å². The van der Waals surface area contributed by atoms with Crippen molar-refractivity contribution in [1.82, 2.24) is 9.97 Å². The molecule has 1 aliphatic rings. The number of hydrogen-bond acceptors (Lipinski definition) is 4. The molecule has 6 heteroatoms. The molecule has 1 N–H and O–H groups in total. The fourth-order valence-corrected chi connectivity index (χ4v) is 3.00. The van der Waals surface area contributed by atoms with Gasteiger partial charge in [0.05, 0.1) is 6.42 Å². The molecule has 1 aliphatic heterocycles. The van der Waals surface area contributed by atoms with Gasteiger partial charge in [0.1, 0.15) is 11.6 Å². The van der Waals surface area contributed by atoms with Crippen LogP contribution in [0, 0.1) is 6.92 Å². The molecule has 1 aromatic carbocycles. The Balaban J connectivity index is 1.64. The summed E-state index contributed by atoms with van der Waals surface area (Å²) in [5.41, 5.74) is 2.62. The van der Waals surface area contributed by atoms with Gasteiger partial charge in [-0.2, -0.15) is 0 Å². The lowest BCUT2D eigenvalue weighted by atomic mass is 10.1. The largest absolute Gasteiger partial charge is 0.312 e. The SMILES string of the molecule is Cc1cc(NC(=O)Cc2ccc(N3CCCC3=O)cc2)nc(C(C)C)n1. The monoisotopic (exact) mass is 352 g/mol. The highest BCUT2D eigenvalue weighted by atomic mass is 16.2. The quantitative estimate of drug-likeness (QED) is 0.896. The highest BCUT2D eigenvalue weighted by molar-refractivity contribution is 5.95. The smallest absolute Gasteiger partial charge is 0.229 e. The molecule has 2 aromatic rings. The lowest BCUT2D eigenvalue weighted by Gasteiger charge is -2.16. The Morgan fingerprint density at radius 1 is 1.23 bits per heavy atom. The van der Waals surface area contributed by atoms with Crippen molar-refractivity contribution in [3.63, 3.8) is 0 Å². The van der Waals surface area contributed by atoms with E-state index in [0.29, 0.717) is 12.2 Å². The van der Waals surface area contributed by atoms with Crippen LogP contribution in [0.2, 0.25) is 0 Å². The van der Waals surface area contributed by atoms with Crippen LogP contribution in [-0.4, -0.2) is 28.3 Å². The minimum Gasteiger partial charge on any atom is -0.312 e. The molecular formula is C20H24N4O2. The predicted molar refractivity (Wildman–Crippen MR) is 101 cm³/mol. The van der Waals surface area contributed by atoms with Gasteiger partial charge in [0.25, 0.3) is 0 Å². The summed E-state index contributed by atoms with van der Waals surface area (Å²) in [5, 5.41) is 2.85. The van der Waals surface area contributed by atoms with Crippen LogP contribution in [0.25, 0.3) is 0 Å². The van der Waals surface area contributed by atoms with Gasteiger partial charge in [-0.05, 0) is 31.0 Å². The molecule has 0 saturated carbocycles. The second kappa shape index (κ2) is 7.64. The molecule has 1 saturated heterocycles. The zero-order valence-electron chi connectivity index (χ0n) is 15.5. The summed E-state index contributed by atoms with van der Waals surface area (Å²) in [7, 11) is 0. The van der Waals surface area contributed by atoms with Gasteiger partial charge in [-0.15, -0.1) is 0 Å². The third-order valence-corrected chi connectivity index (χ3v) is 4.34. The van der Waals surface area contributed by atoms with E-state index in [0.717, 1.165) is 35.7 Å². The number of anilines is 2. The number of amides is 2. The summed E-state index contributed by atoms with van der Waals surface area (Å²) in [6.45, 7) is 6.70. The van der Waals surface area contributed by atoms with Crippen LogP contribution < -0.4 is 10.2 Å². The first-order valence-electron chi connectivity index (χ1n) is 8.97. The number of aromatic nitrogens is 2. The molecule has 0 bridgehead atoms. The van der Waals surface area contributed by atoms with E-state index in [1.807, 2.05) is 45.0 Å². The van der Waals surface area contributed by atoms with E-state index in [4.69, 9.17) is 0 Å². The lowest BCUT2D eigenvalue weighted by molar-refractivity contribution is -0.117. The molecule has 0 aliphatic carbocycles. The summed E-state index contributed by atoms with van der Waals surface area (Å²) >= 11 is 0. The molecule has 6 nitrogen and oxygen atoms in total. The van der Waals surface area contributed by atoms with Crippen molar-refractivity contribution in [2.75, 3.05) is 16.8 Å². The average Bonchev–Trinajstić information content (AvgIpc) is 3.01. The molecule has 0 spiro atoms. The van der Waals surface area contributed by atoms with Crippen LogP contribution in [0.3, 0.4) is 0 Å². The van der Waals surface area contributed by atoms with E-state index in [-0.39, 0.29) is 24.2 Å². The summed E-state index contributed by atoms with van der Waals surface area (Å²) in [6, 6.07) is 9.36. The summed E-state index contributed by atoms with van der Waals surface area (Å²) in [6.07, 6.45) is 1.77. The van der Waals surface area contributed by atoms with Crippen molar-refractivity contribution in [3.8, 4) is 0 Å². The van der Waals surface area contributed by atoms with Gasteiger partial charge in [-0.3, -0.25) is 9.59 Å². The summed E-state index contributed by atoms with van der Waals surface area (Å²) in [4.78, 5) is 34.7. The number of nitrogens with zero attached hydrogens (tertiary/aromatic N) is 3. The first kappa shape index (κ1) is 18.0. The van der Waals surface area contributed by atoms with Crippen LogP contribution in [0.1, 0.15) is 49.7 Å². The van der Waals surface area contributed by atoms with Crippen LogP contribution in [-0.2, 0) is 16.0 Å². The van der Waals surface area contributed by atoms with E-state index in [1.165, 1.54) is 0 Å². The molecule has 3 rings (SSSR count). The van der Waals surface area contributed by atoms with Crippen LogP contribution >= 0.6 is 0 Å². The number of hydrogen-bond donors (Lipinski definition) is 1. The maximum Gasteiger partial charge on any atom is 0.229 e. The fraction of sp³-hybridized carbons (Fsp3) is 0.400. The zero-order chi connectivity index (χ0) is 18.7. The highest BCUT2D eigenvalue weighted by Crippen LogP contribution is 2.22. The van der Waals surface area contributed by atoms with E-state index in [9.17, 15) is 9.59 Å². The van der Waals surface area contributed by atoms with Crippen molar-refractivity contribution in [3.05, 3.63) is 47.4 Å². The lowest BCUT2D eigenvalue weighted by Crippen LogP contribution is -2.23. The predicted octanol–water partition coefficient (Wildman–Crippen LogP) is 3.22. The zero-order valence-corrected chi connectivity index (χ0v) is 15.5.